The molecule has 1 aromatic rings. The Labute approximate surface area is 131 Å². The van der Waals surface area contributed by atoms with Crippen LogP contribution in [0.3, 0.4) is 0 Å². The summed E-state index contributed by atoms with van der Waals surface area (Å²) in [5, 5.41) is -0.971. The molecule has 1 aromatic carbocycles. The van der Waals surface area contributed by atoms with E-state index in [1.165, 1.54) is 19.1 Å². The quantitative estimate of drug-likeness (QED) is 0.850. The van der Waals surface area contributed by atoms with Crippen molar-refractivity contribution in [2.45, 2.75) is 31.4 Å². The van der Waals surface area contributed by atoms with Gasteiger partial charge in [0.2, 0.25) is 5.91 Å². The Morgan fingerprint density at radius 3 is 2.32 bits per heavy atom. The summed E-state index contributed by atoms with van der Waals surface area (Å²) < 4.78 is 35.8. The van der Waals surface area contributed by atoms with E-state index in [4.69, 9.17) is 0 Å². The predicted octanol–water partition coefficient (Wildman–Crippen LogP) is 2.04. The summed E-state index contributed by atoms with van der Waals surface area (Å²) in [7, 11) is -3.34. The third-order valence-electron chi connectivity index (χ3n) is 4.35. The molecule has 0 saturated carbocycles. The van der Waals surface area contributed by atoms with E-state index in [1.807, 2.05) is 0 Å². The summed E-state index contributed by atoms with van der Waals surface area (Å²) in [5.41, 5.74) is 1.09. The van der Waals surface area contributed by atoms with E-state index in [2.05, 4.69) is 0 Å². The Kier molecular flexibility index (Phi) is 5.21. The first kappa shape index (κ1) is 16.9. The number of hydrogen-bond acceptors (Lipinski definition) is 3. The monoisotopic (exact) mass is 327 g/mol. The molecule has 0 unspecified atom stereocenters. The van der Waals surface area contributed by atoms with E-state index in [9.17, 15) is 17.6 Å². The van der Waals surface area contributed by atoms with Gasteiger partial charge in [-0.05, 0) is 49.8 Å². The molecule has 0 radical (unpaired) electrons. The minimum absolute atomic E-state index is 0.237. The van der Waals surface area contributed by atoms with Crippen LogP contribution < -0.4 is 0 Å². The zero-order chi connectivity index (χ0) is 16.3. The molecule has 0 aromatic heterocycles. The molecule has 1 amide bonds. The molecule has 1 aliphatic heterocycles. The maximum atomic E-state index is 12.9. The normalized spacial score (nSPS) is 18.2. The molecule has 2 rings (SSSR count). The number of nitrogens with zero attached hydrogens (tertiary/aromatic N) is 1. The minimum Gasteiger partial charge on any atom is -0.342 e. The fraction of sp³-hybridized carbons (Fsp3) is 0.562. The Morgan fingerprint density at radius 1 is 1.27 bits per heavy atom. The van der Waals surface area contributed by atoms with E-state index >= 15 is 0 Å². The average molecular weight is 327 g/mol. The lowest BCUT2D eigenvalue weighted by atomic mass is 9.90. The number of halogens is 1. The third kappa shape index (κ3) is 4.29. The lowest BCUT2D eigenvalue weighted by molar-refractivity contribution is -0.131. The van der Waals surface area contributed by atoms with Crippen molar-refractivity contribution < 1.29 is 17.6 Å². The van der Waals surface area contributed by atoms with Gasteiger partial charge in [-0.2, -0.15) is 0 Å². The van der Waals surface area contributed by atoms with Crippen molar-refractivity contribution in [2.24, 2.45) is 5.92 Å². The molecule has 0 spiro atoms. The average Bonchev–Trinajstić information content (AvgIpc) is 2.48. The molecule has 6 heteroatoms. The molecule has 1 aliphatic rings. The summed E-state index contributed by atoms with van der Waals surface area (Å²) in [6.45, 7) is 2.62. The van der Waals surface area contributed by atoms with Crippen LogP contribution in [-0.2, 0) is 21.1 Å². The van der Waals surface area contributed by atoms with Gasteiger partial charge in [0.05, 0.1) is 0 Å². The Morgan fingerprint density at radius 2 is 1.82 bits per heavy atom. The second kappa shape index (κ2) is 6.77. The molecule has 122 valence electrons. The number of rotatable bonds is 4. The number of piperidine rings is 1. The van der Waals surface area contributed by atoms with E-state index in [1.54, 1.807) is 17.0 Å². The first-order chi connectivity index (χ1) is 10.3. The molecule has 4 nitrogen and oxygen atoms in total. The fourth-order valence-electron chi connectivity index (χ4n) is 2.75. The molecule has 22 heavy (non-hydrogen) atoms. The Balaban J connectivity index is 1.88. The van der Waals surface area contributed by atoms with Gasteiger partial charge in [-0.25, -0.2) is 12.8 Å². The smallest absolute Gasteiger partial charge is 0.240 e. The summed E-state index contributed by atoms with van der Waals surface area (Å²) in [4.78, 5) is 13.8. The van der Waals surface area contributed by atoms with E-state index < -0.39 is 15.1 Å². The van der Waals surface area contributed by atoms with Crippen LogP contribution in [0.5, 0.6) is 0 Å². The number of likely N-dealkylation sites (tertiary alicyclic amines) is 1. The van der Waals surface area contributed by atoms with Gasteiger partial charge in [-0.15, -0.1) is 0 Å². The van der Waals surface area contributed by atoms with E-state index in [0.717, 1.165) is 31.1 Å². The van der Waals surface area contributed by atoms with Crippen molar-refractivity contribution in [3.05, 3.63) is 35.6 Å². The zero-order valence-corrected chi connectivity index (χ0v) is 13.8. The highest BCUT2D eigenvalue weighted by molar-refractivity contribution is 7.92. The number of amides is 1. The summed E-state index contributed by atoms with van der Waals surface area (Å²) in [6, 6.07) is 6.50. The largest absolute Gasteiger partial charge is 0.342 e. The highest BCUT2D eigenvalue weighted by atomic mass is 32.2. The number of carbonyl (C=O) groups excluding carboxylic acids is 1. The minimum atomic E-state index is -3.34. The second-order valence-electron chi connectivity index (χ2n) is 6.07. The topological polar surface area (TPSA) is 54.5 Å². The van der Waals surface area contributed by atoms with Crippen molar-refractivity contribution in [2.75, 3.05) is 19.3 Å². The molecule has 1 atom stereocenters. The summed E-state index contributed by atoms with van der Waals surface area (Å²) >= 11 is 0. The molecule has 0 N–H and O–H groups in total. The predicted molar refractivity (Wildman–Crippen MR) is 83.7 cm³/mol. The van der Waals surface area contributed by atoms with Gasteiger partial charge in [0.25, 0.3) is 0 Å². The van der Waals surface area contributed by atoms with E-state index in [-0.39, 0.29) is 11.7 Å². The standard InChI is InChI=1S/C16H22FNO3S/c1-12(22(2,20)21)16(19)18-9-7-14(8-10-18)11-13-3-5-15(17)6-4-13/h3-6,12,14H,7-11H2,1-2H3/t12-/m0/s1. The molecule has 0 aliphatic carbocycles. The van der Waals surface area contributed by atoms with Crippen molar-refractivity contribution in [3.63, 3.8) is 0 Å². The first-order valence-electron chi connectivity index (χ1n) is 7.49. The third-order valence-corrected chi connectivity index (χ3v) is 5.84. The fourth-order valence-corrected chi connectivity index (χ4v) is 3.27. The van der Waals surface area contributed by atoms with Crippen molar-refractivity contribution in [1.82, 2.24) is 4.90 Å². The Bertz CT molecular complexity index is 619. The van der Waals surface area contributed by atoms with Crippen molar-refractivity contribution in [3.8, 4) is 0 Å². The lowest BCUT2D eigenvalue weighted by Crippen LogP contribution is -2.45. The van der Waals surface area contributed by atoms with Gasteiger partial charge in [0, 0.05) is 19.3 Å². The first-order valence-corrected chi connectivity index (χ1v) is 9.45. The number of sulfone groups is 1. The summed E-state index contributed by atoms with van der Waals surface area (Å²) in [5.74, 6) is -0.0929. The van der Waals surface area contributed by atoms with Crippen LogP contribution in [0.25, 0.3) is 0 Å². The molecule has 0 bridgehead atoms. The number of carbonyl (C=O) groups is 1. The van der Waals surface area contributed by atoms with Crippen LogP contribution in [0.4, 0.5) is 4.39 Å². The van der Waals surface area contributed by atoms with Gasteiger partial charge in [-0.1, -0.05) is 12.1 Å². The molecule has 1 fully saturated rings. The van der Waals surface area contributed by atoms with Gasteiger partial charge in [0.1, 0.15) is 11.1 Å². The van der Waals surface area contributed by atoms with Crippen LogP contribution in [0, 0.1) is 11.7 Å². The second-order valence-corrected chi connectivity index (χ2v) is 8.44. The maximum absolute atomic E-state index is 12.9. The SMILES string of the molecule is C[C@@H](C(=O)N1CCC(Cc2ccc(F)cc2)CC1)S(C)(=O)=O. The van der Waals surface area contributed by atoms with Crippen LogP contribution >= 0.6 is 0 Å². The Hall–Kier alpha value is -1.43. The molecular formula is C16H22FNO3S. The molecular weight excluding hydrogens is 305 g/mol. The van der Waals surface area contributed by atoms with Crippen LogP contribution in [0.1, 0.15) is 25.3 Å². The highest BCUT2D eigenvalue weighted by Gasteiger charge is 2.30. The summed E-state index contributed by atoms with van der Waals surface area (Å²) in [6.07, 6.45) is 3.65. The number of benzene rings is 1. The van der Waals surface area contributed by atoms with Gasteiger partial charge >= 0.3 is 0 Å². The maximum Gasteiger partial charge on any atom is 0.240 e. The lowest BCUT2D eigenvalue weighted by Gasteiger charge is -2.33. The van der Waals surface area contributed by atoms with Gasteiger partial charge in [-0.3, -0.25) is 4.79 Å². The van der Waals surface area contributed by atoms with Gasteiger partial charge in [0.15, 0.2) is 9.84 Å². The van der Waals surface area contributed by atoms with E-state index in [0.29, 0.717) is 19.0 Å². The highest BCUT2D eigenvalue weighted by Crippen LogP contribution is 2.23. The number of hydrogen-bond donors (Lipinski definition) is 0. The van der Waals surface area contributed by atoms with Crippen LogP contribution in [0.15, 0.2) is 24.3 Å². The van der Waals surface area contributed by atoms with Crippen LogP contribution in [-0.4, -0.2) is 43.8 Å². The molecule has 1 heterocycles. The van der Waals surface area contributed by atoms with Gasteiger partial charge < -0.3 is 4.90 Å². The van der Waals surface area contributed by atoms with Crippen LogP contribution in [0.2, 0.25) is 0 Å². The zero-order valence-electron chi connectivity index (χ0n) is 13.0. The molecule has 1 saturated heterocycles. The van der Waals surface area contributed by atoms with Crippen molar-refractivity contribution >= 4 is 15.7 Å². The van der Waals surface area contributed by atoms with Crippen molar-refractivity contribution in [1.29, 1.82) is 0 Å².